The Labute approximate surface area is 103 Å². The number of carbonyl (C=O) groups is 1. The van der Waals surface area contributed by atoms with Crippen molar-refractivity contribution in [2.45, 2.75) is 39.5 Å². The molecule has 0 unspecified atom stereocenters. The summed E-state index contributed by atoms with van der Waals surface area (Å²) in [5.74, 6) is 1.17. The van der Waals surface area contributed by atoms with Crippen molar-refractivity contribution in [2.24, 2.45) is 23.0 Å². The third-order valence-corrected chi connectivity index (χ3v) is 4.49. The van der Waals surface area contributed by atoms with E-state index < -0.39 is 0 Å². The topological polar surface area (TPSA) is 52.3 Å². The molecule has 17 heavy (non-hydrogen) atoms. The number of hydrogen-bond donors (Lipinski definition) is 1. The molecule has 0 aliphatic heterocycles. The lowest BCUT2D eigenvalue weighted by atomic mass is 9.53. The average molecular weight is 237 g/mol. The van der Waals surface area contributed by atoms with Gasteiger partial charge in [-0.25, -0.2) is 0 Å². The van der Waals surface area contributed by atoms with Gasteiger partial charge in [-0.05, 0) is 50.0 Å². The first kappa shape index (κ1) is 12.6. The van der Waals surface area contributed by atoms with Gasteiger partial charge >= 0.3 is 5.97 Å². The summed E-state index contributed by atoms with van der Waals surface area (Å²) in [6, 6.07) is 0. The molecule has 0 amide bonds. The highest BCUT2D eigenvalue weighted by molar-refractivity contribution is 5.70. The maximum atomic E-state index is 11.7. The monoisotopic (exact) mass is 237 g/mol. The van der Waals surface area contributed by atoms with Crippen LogP contribution in [0.1, 0.15) is 39.5 Å². The molecule has 0 spiro atoms. The highest BCUT2D eigenvalue weighted by Crippen LogP contribution is 2.59. The summed E-state index contributed by atoms with van der Waals surface area (Å²) < 4.78 is 5.06. The van der Waals surface area contributed by atoms with E-state index in [0.717, 1.165) is 18.8 Å². The minimum absolute atomic E-state index is 0.00611. The van der Waals surface area contributed by atoms with Crippen molar-refractivity contribution >= 4 is 5.97 Å². The molecule has 0 saturated heterocycles. The fourth-order valence-corrected chi connectivity index (χ4v) is 3.54. The lowest BCUT2D eigenvalue weighted by Crippen LogP contribution is -2.51. The van der Waals surface area contributed by atoms with Gasteiger partial charge in [-0.3, -0.25) is 4.79 Å². The van der Waals surface area contributed by atoms with E-state index >= 15 is 0 Å². The predicted octanol–water partition coefficient (Wildman–Crippen LogP) is 2.26. The average Bonchev–Trinajstić information content (AvgIpc) is 2.65. The zero-order valence-corrected chi connectivity index (χ0v) is 10.9. The molecule has 2 N–H and O–H groups in total. The van der Waals surface area contributed by atoms with Crippen LogP contribution < -0.4 is 5.73 Å². The molecule has 0 bridgehead atoms. The van der Waals surface area contributed by atoms with Crippen LogP contribution in [0.25, 0.3) is 0 Å². The minimum Gasteiger partial charge on any atom is -0.466 e. The Hall–Kier alpha value is -0.830. The Morgan fingerprint density at radius 1 is 1.59 bits per heavy atom. The summed E-state index contributed by atoms with van der Waals surface area (Å²) in [6.07, 6.45) is 6.30. The summed E-state index contributed by atoms with van der Waals surface area (Å²) in [7, 11) is 0. The summed E-state index contributed by atoms with van der Waals surface area (Å²) in [5.41, 5.74) is 7.45. The number of ether oxygens (including phenoxy) is 1. The molecule has 0 heterocycles. The van der Waals surface area contributed by atoms with Crippen LogP contribution in [0.4, 0.5) is 0 Å². The van der Waals surface area contributed by atoms with Gasteiger partial charge in [0.05, 0.1) is 13.0 Å². The van der Waals surface area contributed by atoms with Crippen LogP contribution in [0.3, 0.4) is 0 Å². The summed E-state index contributed by atoms with van der Waals surface area (Å²) in [6.45, 7) is 5.11. The number of allylic oxidation sites excluding steroid dienone is 2. The fraction of sp³-hybridized carbons (Fsp3) is 0.786. The quantitative estimate of drug-likeness (QED) is 0.589. The van der Waals surface area contributed by atoms with Crippen LogP contribution in [-0.4, -0.2) is 19.1 Å². The molecule has 96 valence electrons. The van der Waals surface area contributed by atoms with Crippen LogP contribution in [0, 0.1) is 17.3 Å². The molecule has 2 aliphatic rings. The van der Waals surface area contributed by atoms with Gasteiger partial charge in [-0.2, -0.15) is 0 Å². The Morgan fingerprint density at radius 2 is 2.35 bits per heavy atom. The van der Waals surface area contributed by atoms with E-state index in [1.807, 2.05) is 6.92 Å². The summed E-state index contributed by atoms with van der Waals surface area (Å²) in [4.78, 5) is 11.7. The zero-order valence-electron chi connectivity index (χ0n) is 10.9. The molecule has 0 radical (unpaired) electrons. The highest BCUT2D eigenvalue weighted by Gasteiger charge is 2.54. The highest BCUT2D eigenvalue weighted by atomic mass is 16.5. The predicted molar refractivity (Wildman–Crippen MR) is 67.3 cm³/mol. The number of fused-ring (bicyclic) bond motifs is 1. The normalized spacial score (nSPS) is 34.9. The molecule has 2 aliphatic carbocycles. The number of nitrogens with two attached hydrogens (primary N) is 1. The van der Waals surface area contributed by atoms with Crippen molar-refractivity contribution in [3.8, 4) is 0 Å². The lowest BCUT2D eigenvalue weighted by molar-refractivity contribution is -0.150. The van der Waals surface area contributed by atoms with Crippen LogP contribution in [0.2, 0.25) is 0 Å². The molecule has 3 nitrogen and oxygen atoms in total. The Kier molecular flexibility index (Phi) is 3.57. The van der Waals surface area contributed by atoms with Crippen LogP contribution in [0.15, 0.2) is 11.6 Å². The molecule has 0 aromatic carbocycles. The second-order valence-corrected chi connectivity index (χ2v) is 5.42. The molecule has 2 rings (SSSR count). The number of hydrogen-bond acceptors (Lipinski definition) is 3. The van der Waals surface area contributed by atoms with E-state index in [1.54, 1.807) is 5.57 Å². The van der Waals surface area contributed by atoms with Crippen LogP contribution in [-0.2, 0) is 9.53 Å². The van der Waals surface area contributed by atoms with Crippen molar-refractivity contribution in [1.82, 2.24) is 0 Å². The Balaban J connectivity index is 2.03. The zero-order chi connectivity index (χ0) is 12.5. The Morgan fingerprint density at radius 3 is 2.94 bits per heavy atom. The number of rotatable bonds is 5. The third kappa shape index (κ3) is 2.13. The summed E-state index contributed by atoms with van der Waals surface area (Å²) >= 11 is 0. The first-order valence-corrected chi connectivity index (χ1v) is 6.70. The van der Waals surface area contributed by atoms with E-state index in [1.165, 1.54) is 6.42 Å². The molecule has 1 saturated carbocycles. The van der Waals surface area contributed by atoms with E-state index in [0.29, 0.717) is 25.5 Å². The molecular weight excluding hydrogens is 214 g/mol. The smallest absolute Gasteiger partial charge is 0.306 e. The number of esters is 1. The van der Waals surface area contributed by atoms with Gasteiger partial charge in [0, 0.05) is 0 Å². The second-order valence-electron chi connectivity index (χ2n) is 5.42. The second kappa shape index (κ2) is 4.81. The van der Waals surface area contributed by atoms with Gasteiger partial charge in [0.15, 0.2) is 0 Å². The van der Waals surface area contributed by atoms with E-state index in [2.05, 4.69) is 13.0 Å². The Bertz CT molecular complexity index is 337. The van der Waals surface area contributed by atoms with Gasteiger partial charge in [-0.1, -0.05) is 18.6 Å². The van der Waals surface area contributed by atoms with Crippen molar-refractivity contribution in [1.29, 1.82) is 0 Å². The molecule has 0 aromatic heterocycles. The maximum absolute atomic E-state index is 11.7. The van der Waals surface area contributed by atoms with Crippen LogP contribution >= 0.6 is 0 Å². The molecule has 0 aromatic rings. The van der Waals surface area contributed by atoms with Crippen molar-refractivity contribution in [2.75, 3.05) is 13.2 Å². The molecule has 3 atom stereocenters. The molecule has 3 heteroatoms. The van der Waals surface area contributed by atoms with Crippen molar-refractivity contribution in [3.63, 3.8) is 0 Å². The first-order valence-electron chi connectivity index (χ1n) is 6.70. The largest absolute Gasteiger partial charge is 0.466 e. The number of carbonyl (C=O) groups excluding carboxylic acids is 1. The lowest BCUT2D eigenvalue weighted by Gasteiger charge is -2.51. The van der Waals surface area contributed by atoms with Crippen molar-refractivity contribution in [3.05, 3.63) is 11.6 Å². The third-order valence-electron chi connectivity index (χ3n) is 4.49. The molecule has 1 fully saturated rings. The van der Waals surface area contributed by atoms with Gasteiger partial charge in [0.25, 0.3) is 0 Å². The maximum Gasteiger partial charge on any atom is 0.306 e. The van der Waals surface area contributed by atoms with Gasteiger partial charge in [0.2, 0.25) is 0 Å². The minimum atomic E-state index is -0.0882. The standard InChI is InChI=1S/C14H23NO2/c1-3-10-5-11-7-14(9-15,12(11)6-10)8-13(16)17-4-2/h6,11-12H,3-5,7-9,15H2,1-2H3/t11-,12-,14-/m1/s1. The molecular formula is C14H23NO2. The van der Waals surface area contributed by atoms with Gasteiger partial charge in [0.1, 0.15) is 0 Å². The SMILES string of the molecule is CCOC(=O)C[C@@]1(CN)C[C@H]2CC(CC)=C[C@H]21. The van der Waals surface area contributed by atoms with E-state index in [-0.39, 0.29) is 11.4 Å². The van der Waals surface area contributed by atoms with Gasteiger partial charge < -0.3 is 10.5 Å². The van der Waals surface area contributed by atoms with E-state index in [4.69, 9.17) is 10.5 Å². The van der Waals surface area contributed by atoms with Gasteiger partial charge in [-0.15, -0.1) is 0 Å². The van der Waals surface area contributed by atoms with Crippen molar-refractivity contribution < 1.29 is 9.53 Å². The fourth-order valence-electron chi connectivity index (χ4n) is 3.54. The van der Waals surface area contributed by atoms with E-state index in [9.17, 15) is 4.79 Å². The first-order chi connectivity index (χ1) is 8.15. The van der Waals surface area contributed by atoms with Crippen LogP contribution in [0.5, 0.6) is 0 Å². The summed E-state index contributed by atoms with van der Waals surface area (Å²) in [5, 5.41) is 0.